The molecule has 0 spiro atoms. The summed E-state index contributed by atoms with van der Waals surface area (Å²) in [6.07, 6.45) is 0. The second kappa shape index (κ2) is 6.42. The van der Waals surface area contributed by atoms with Gasteiger partial charge in [-0.2, -0.15) is 0 Å². The van der Waals surface area contributed by atoms with Crippen molar-refractivity contribution in [2.75, 3.05) is 0 Å². The fourth-order valence-electron chi connectivity index (χ4n) is 2.16. The number of hydrogen-bond acceptors (Lipinski definition) is 1. The van der Waals surface area contributed by atoms with E-state index in [-0.39, 0.29) is 12.1 Å². The molecule has 2 atom stereocenters. The van der Waals surface area contributed by atoms with Gasteiger partial charge in [0.2, 0.25) is 0 Å². The van der Waals surface area contributed by atoms with E-state index in [1.807, 2.05) is 30.3 Å². The highest BCUT2D eigenvalue weighted by atomic mass is 35.5. The number of hydrogen-bond donors (Lipinski definition) is 1. The molecule has 0 heterocycles. The van der Waals surface area contributed by atoms with Crippen LogP contribution < -0.4 is 5.32 Å². The SMILES string of the molecule is C[C@H](N[C@@H](C)c1ccc(Cl)cc1Cl)c1ccccc1. The monoisotopic (exact) mass is 293 g/mol. The summed E-state index contributed by atoms with van der Waals surface area (Å²) < 4.78 is 0. The largest absolute Gasteiger partial charge is 0.304 e. The van der Waals surface area contributed by atoms with Crippen LogP contribution in [0.4, 0.5) is 0 Å². The molecule has 2 aromatic carbocycles. The fourth-order valence-corrected chi connectivity index (χ4v) is 2.73. The molecule has 1 nitrogen and oxygen atoms in total. The van der Waals surface area contributed by atoms with E-state index >= 15 is 0 Å². The number of benzene rings is 2. The maximum absolute atomic E-state index is 6.23. The van der Waals surface area contributed by atoms with Crippen LogP contribution in [0.15, 0.2) is 48.5 Å². The molecule has 19 heavy (non-hydrogen) atoms. The summed E-state index contributed by atoms with van der Waals surface area (Å²) in [4.78, 5) is 0. The molecule has 1 N–H and O–H groups in total. The Morgan fingerprint density at radius 2 is 1.58 bits per heavy atom. The molecule has 0 saturated carbocycles. The highest BCUT2D eigenvalue weighted by Crippen LogP contribution is 2.27. The first-order valence-electron chi connectivity index (χ1n) is 6.34. The quantitative estimate of drug-likeness (QED) is 0.795. The van der Waals surface area contributed by atoms with E-state index < -0.39 is 0 Å². The van der Waals surface area contributed by atoms with Crippen molar-refractivity contribution < 1.29 is 0 Å². The molecule has 0 aromatic heterocycles. The minimum atomic E-state index is 0.167. The van der Waals surface area contributed by atoms with Crippen LogP contribution in [0.1, 0.15) is 37.1 Å². The molecule has 2 aromatic rings. The Balaban J connectivity index is 2.10. The molecule has 0 aliphatic heterocycles. The van der Waals surface area contributed by atoms with E-state index in [4.69, 9.17) is 23.2 Å². The molecule has 3 heteroatoms. The van der Waals surface area contributed by atoms with Gasteiger partial charge in [0.05, 0.1) is 0 Å². The Labute approximate surface area is 124 Å². The lowest BCUT2D eigenvalue weighted by Crippen LogP contribution is -2.22. The van der Waals surface area contributed by atoms with Crippen molar-refractivity contribution in [2.45, 2.75) is 25.9 Å². The second-order valence-electron chi connectivity index (χ2n) is 4.69. The van der Waals surface area contributed by atoms with Crippen molar-refractivity contribution >= 4 is 23.2 Å². The van der Waals surface area contributed by atoms with Crippen LogP contribution in [0, 0.1) is 0 Å². The topological polar surface area (TPSA) is 12.0 Å². The van der Waals surface area contributed by atoms with Crippen molar-refractivity contribution in [3.05, 3.63) is 69.7 Å². The van der Waals surface area contributed by atoms with Crippen LogP contribution in [0.5, 0.6) is 0 Å². The third-order valence-electron chi connectivity index (χ3n) is 3.23. The van der Waals surface area contributed by atoms with Gasteiger partial charge >= 0.3 is 0 Å². The summed E-state index contributed by atoms with van der Waals surface area (Å²) in [6.45, 7) is 4.25. The summed E-state index contributed by atoms with van der Waals surface area (Å²) in [7, 11) is 0. The van der Waals surface area contributed by atoms with Crippen LogP contribution in [0.3, 0.4) is 0 Å². The summed E-state index contributed by atoms with van der Waals surface area (Å²) in [5, 5.41) is 4.91. The fraction of sp³-hybridized carbons (Fsp3) is 0.250. The lowest BCUT2D eigenvalue weighted by atomic mass is 10.0. The van der Waals surface area contributed by atoms with E-state index in [0.717, 1.165) is 5.56 Å². The summed E-state index contributed by atoms with van der Waals surface area (Å²) >= 11 is 12.1. The third-order valence-corrected chi connectivity index (χ3v) is 3.79. The van der Waals surface area contributed by atoms with Gasteiger partial charge in [-0.15, -0.1) is 0 Å². The Morgan fingerprint density at radius 3 is 2.21 bits per heavy atom. The van der Waals surface area contributed by atoms with Gasteiger partial charge in [0.15, 0.2) is 0 Å². The van der Waals surface area contributed by atoms with E-state index in [2.05, 4.69) is 31.3 Å². The average Bonchev–Trinajstić information content (AvgIpc) is 2.39. The van der Waals surface area contributed by atoms with Crippen molar-refractivity contribution in [3.63, 3.8) is 0 Å². The summed E-state index contributed by atoms with van der Waals surface area (Å²) in [6, 6.07) is 16.4. The van der Waals surface area contributed by atoms with Gasteiger partial charge in [-0.25, -0.2) is 0 Å². The third kappa shape index (κ3) is 3.73. The zero-order chi connectivity index (χ0) is 13.8. The Hall–Kier alpha value is -1.02. The van der Waals surface area contributed by atoms with Gasteiger partial charge in [-0.05, 0) is 37.1 Å². The Kier molecular flexibility index (Phi) is 4.87. The van der Waals surface area contributed by atoms with Crippen molar-refractivity contribution in [1.82, 2.24) is 5.32 Å². The first-order chi connectivity index (χ1) is 9.08. The van der Waals surface area contributed by atoms with Crippen LogP contribution >= 0.6 is 23.2 Å². The molecule has 0 fully saturated rings. The first kappa shape index (κ1) is 14.4. The Bertz CT molecular complexity index is 540. The smallest absolute Gasteiger partial charge is 0.0468 e. The molecule has 0 amide bonds. The second-order valence-corrected chi connectivity index (χ2v) is 5.53. The molecule has 0 aliphatic carbocycles. The number of rotatable bonds is 4. The van der Waals surface area contributed by atoms with E-state index in [1.165, 1.54) is 5.56 Å². The molecule has 0 unspecified atom stereocenters. The van der Waals surface area contributed by atoms with E-state index in [9.17, 15) is 0 Å². The average molecular weight is 294 g/mol. The van der Waals surface area contributed by atoms with E-state index in [0.29, 0.717) is 10.0 Å². The molecule has 0 bridgehead atoms. The van der Waals surface area contributed by atoms with E-state index in [1.54, 1.807) is 6.07 Å². The standard InChI is InChI=1S/C16H17Cl2N/c1-11(13-6-4-3-5-7-13)19-12(2)15-9-8-14(17)10-16(15)18/h3-12,19H,1-2H3/t11-,12-/m0/s1. The van der Waals surface area contributed by atoms with Gasteiger partial charge in [0, 0.05) is 22.1 Å². The lowest BCUT2D eigenvalue weighted by Gasteiger charge is -2.21. The maximum atomic E-state index is 6.23. The predicted molar refractivity (Wildman–Crippen MR) is 82.9 cm³/mol. The molecule has 2 rings (SSSR count). The number of halogens is 2. The van der Waals surface area contributed by atoms with Gasteiger partial charge in [0.1, 0.15) is 0 Å². The molecule has 0 saturated heterocycles. The summed E-state index contributed by atoms with van der Waals surface area (Å²) in [5.74, 6) is 0. The molecular formula is C16H17Cl2N. The van der Waals surface area contributed by atoms with Gasteiger partial charge < -0.3 is 5.32 Å². The molecule has 0 aliphatic rings. The molecule has 100 valence electrons. The summed E-state index contributed by atoms with van der Waals surface area (Å²) in [5.41, 5.74) is 2.33. The molecular weight excluding hydrogens is 277 g/mol. The highest BCUT2D eigenvalue weighted by molar-refractivity contribution is 6.35. The predicted octanol–water partition coefficient (Wildman–Crippen LogP) is 5.41. The maximum Gasteiger partial charge on any atom is 0.0468 e. The lowest BCUT2D eigenvalue weighted by molar-refractivity contribution is 0.495. The van der Waals surface area contributed by atoms with Crippen molar-refractivity contribution in [1.29, 1.82) is 0 Å². The van der Waals surface area contributed by atoms with Gasteiger partial charge in [0.25, 0.3) is 0 Å². The zero-order valence-electron chi connectivity index (χ0n) is 11.0. The normalized spacial score (nSPS) is 14.1. The van der Waals surface area contributed by atoms with Crippen molar-refractivity contribution in [2.24, 2.45) is 0 Å². The van der Waals surface area contributed by atoms with Crippen LogP contribution in [-0.2, 0) is 0 Å². The molecule has 0 radical (unpaired) electrons. The first-order valence-corrected chi connectivity index (χ1v) is 7.09. The van der Waals surface area contributed by atoms with Gasteiger partial charge in [-0.3, -0.25) is 0 Å². The minimum Gasteiger partial charge on any atom is -0.304 e. The van der Waals surface area contributed by atoms with Crippen LogP contribution in [-0.4, -0.2) is 0 Å². The number of nitrogens with one attached hydrogen (secondary N) is 1. The Morgan fingerprint density at radius 1 is 0.895 bits per heavy atom. The van der Waals surface area contributed by atoms with Gasteiger partial charge in [-0.1, -0.05) is 59.6 Å². The zero-order valence-corrected chi connectivity index (χ0v) is 12.5. The van der Waals surface area contributed by atoms with Crippen LogP contribution in [0.2, 0.25) is 10.0 Å². The minimum absolute atomic E-state index is 0.167. The highest BCUT2D eigenvalue weighted by Gasteiger charge is 2.13. The van der Waals surface area contributed by atoms with Crippen LogP contribution in [0.25, 0.3) is 0 Å². The van der Waals surface area contributed by atoms with Crippen molar-refractivity contribution in [3.8, 4) is 0 Å².